The summed E-state index contributed by atoms with van der Waals surface area (Å²) in [5, 5.41) is 24.8. The number of benzene rings is 5. The molecule has 2 aliphatic rings. The number of likely N-dealkylation sites (tertiary alicyclic amines) is 1. The molecule has 7 rings (SSSR count). The van der Waals surface area contributed by atoms with E-state index < -0.39 is 33.9 Å². The van der Waals surface area contributed by atoms with Gasteiger partial charge in [-0.1, -0.05) is 127 Å². The molecule has 12 heteroatoms. The van der Waals surface area contributed by atoms with Crippen LogP contribution in [0.3, 0.4) is 0 Å². The van der Waals surface area contributed by atoms with E-state index in [0.29, 0.717) is 37.5 Å². The van der Waals surface area contributed by atoms with Crippen LogP contribution in [0.4, 0.5) is 0 Å². The van der Waals surface area contributed by atoms with E-state index in [9.17, 15) is 23.4 Å². The Morgan fingerprint density at radius 1 is 0.831 bits per heavy atom. The highest BCUT2D eigenvalue weighted by atomic mass is 35.5. The van der Waals surface area contributed by atoms with E-state index in [2.05, 4.69) is 21.9 Å². The molecule has 310 valence electrons. The van der Waals surface area contributed by atoms with Crippen LogP contribution in [0.25, 0.3) is 0 Å². The molecule has 5 unspecified atom stereocenters. The molecule has 0 radical (unpaired) electrons. The van der Waals surface area contributed by atoms with Crippen molar-refractivity contribution in [2.45, 2.75) is 81.3 Å². The molecule has 0 aliphatic carbocycles. The van der Waals surface area contributed by atoms with Gasteiger partial charge in [0.05, 0.1) is 29.3 Å². The Hall–Kier alpha value is -4.43. The maximum atomic E-state index is 13.6. The van der Waals surface area contributed by atoms with Crippen molar-refractivity contribution in [2.75, 3.05) is 19.6 Å². The molecule has 5 atom stereocenters. The fourth-order valence-corrected chi connectivity index (χ4v) is 9.17. The van der Waals surface area contributed by atoms with Crippen molar-refractivity contribution in [2.24, 2.45) is 5.92 Å². The zero-order valence-electron chi connectivity index (χ0n) is 33.3. The van der Waals surface area contributed by atoms with Crippen LogP contribution in [0.15, 0.2) is 132 Å². The van der Waals surface area contributed by atoms with Crippen LogP contribution in [0.5, 0.6) is 0 Å². The lowest BCUT2D eigenvalue weighted by Gasteiger charge is -2.45. The summed E-state index contributed by atoms with van der Waals surface area (Å²) in [6.07, 6.45) is 0.201. The van der Waals surface area contributed by atoms with Gasteiger partial charge in [0.2, 0.25) is 15.9 Å². The van der Waals surface area contributed by atoms with E-state index in [1.54, 1.807) is 12.1 Å². The van der Waals surface area contributed by atoms with Crippen LogP contribution < -0.4 is 10.0 Å². The number of hydrogen-bond acceptors (Lipinski definition) is 8. The first-order valence-corrected chi connectivity index (χ1v) is 22.0. The number of halogens is 1. The summed E-state index contributed by atoms with van der Waals surface area (Å²) in [5.74, 6) is -0.450. The van der Waals surface area contributed by atoms with Crippen molar-refractivity contribution in [3.63, 3.8) is 0 Å². The summed E-state index contributed by atoms with van der Waals surface area (Å²) < 4.78 is 42.8. The zero-order valence-corrected chi connectivity index (χ0v) is 34.9. The molecule has 10 nitrogen and oxygen atoms in total. The minimum atomic E-state index is -3.97. The van der Waals surface area contributed by atoms with Gasteiger partial charge in [-0.15, -0.1) is 0 Å². The Bertz CT molecular complexity index is 2250. The summed E-state index contributed by atoms with van der Waals surface area (Å²) in [5.41, 5.74) is 5.17. The number of aryl methyl sites for hydroxylation is 1. The third kappa shape index (κ3) is 10.7. The molecule has 59 heavy (non-hydrogen) atoms. The predicted octanol–water partition coefficient (Wildman–Crippen LogP) is 7.12. The maximum Gasteiger partial charge on any atom is 0.241 e. The quantitative estimate of drug-likeness (QED) is 0.0929. The molecular weight excluding hydrogens is 786 g/mol. The average molecular weight is 838 g/mol. The van der Waals surface area contributed by atoms with Crippen molar-refractivity contribution in [1.29, 1.82) is 0 Å². The first-order valence-electron chi connectivity index (χ1n) is 20.1. The summed E-state index contributed by atoms with van der Waals surface area (Å²) in [6, 6.07) is 37.7. The first-order chi connectivity index (χ1) is 28.4. The Morgan fingerprint density at radius 2 is 1.46 bits per heavy atom. The zero-order chi connectivity index (χ0) is 41.6. The van der Waals surface area contributed by atoms with Crippen molar-refractivity contribution >= 4 is 27.5 Å². The van der Waals surface area contributed by atoms with Crippen LogP contribution in [-0.4, -0.2) is 61.2 Å². The Balaban J connectivity index is 1.03. The highest BCUT2D eigenvalue weighted by Gasteiger charge is 2.41. The standard InChI is InChI=1S/C47H52ClN3O7S/c1-32-8-22-41(23-9-32)59(55,56)50-42(28-34-6-4-3-5-7-34)45(53)49-29-35-10-16-38(17-11-35)46-57-43(33(2)44(58-46)37-14-12-36(31-52)13-15-37)30-51-26-24-47(54,25-27-51)39-18-20-40(48)21-19-39/h3-23,33,42-44,46,50,52,54H,24-31H2,1-2H3,(H,49,53). The summed E-state index contributed by atoms with van der Waals surface area (Å²) in [6.45, 7) is 6.21. The Kier molecular flexibility index (Phi) is 13.7. The minimum Gasteiger partial charge on any atom is -0.392 e. The van der Waals surface area contributed by atoms with Crippen molar-refractivity contribution in [3.05, 3.63) is 171 Å². The highest BCUT2D eigenvalue weighted by Crippen LogP contribution is 2.42. The van der Waals surface area contributed by atoms with Gasteiger partial charge in [-0.05, 0) is 78.3 Å². The van der Waals surface area contributed by atoms with Crippen LogP contribution in [0, 0.1) is 12.8 Å². The highest BCUT2D eigenvalue weighted by molar-refractivity contribution is 7.89. The average Bonchev–Trinajstić information content (AvgIpc) is 3.25. The molecule has 0 saturated carbocycles. The second-order valence-electron chi connectivity index (χ2n) is 15.8. The Morgan fingerprint density at radius 3 is 2.10 bits per heavy atom. The van der Waals surface area contributed by atoms with Crippen molar-refractivity contribution in [1.82, 2.24) is 14.9 Å². The second kappa shape index (κ2) is 18.9. The number of carbonyl (C=O) groups is 1. The lowest BCUT2D eigenvalue weighted by molar-refractivity contribution is -0.277. The fourth-order valence-electron chi connectivity index (χ4n) is 7.85. The summed E-state index contributed by atoms with van der Waals surface area (Å²) >= 11 is 6.11. The largest absolute Gasteiger partial charge is 0.392 e. The van der Waals surface area contributed by atoms with Gasteiger partial charge in [0.1, 0.15) is 6.04 Å². The number of piperidine rings is 1. The molecule has 4 N–H and O–H groups in total. The SMILES string of the molecule is Cc1ccc(S(=O)(=O)NC(Cc2ccccc2)C(=O)NCc2ccc(C3OC(CN4CCC(O)(c5ccc(Cl)cc5)CC4)C(C)C(c4ccc(CO)cc4)O3)cc2)cc1. The van der Waals surface area contributed by atoms with Gasteiger partial charge >= 0.3 is 0 Å². The third-order valence-corrected chi connectivity index (χ3v) is 13.3. The molecule has 5 aromatic carbocycles. The molecule has 1 amide bonds. The lowest BCUT2D eigenvalue weighted by Crippen LogP contribution is -2.49. The first kappa shape index (κ1) is 42.7. The number of hydrogen-bond donors (Lipinski definition) is 4. The van der Waals surface area contributed by atoms with E-state index in [0.717, 1.165) is 38.9 Å². The summed E-state index contributed by atoms with van der Waals surface area (Å²) in [4.78, 5) is 16.1. The molecule has 2 saturated heterocycles. The maximum absolute atomic E-state index is 13.6. The smallest absolute Gasteiger partial charge is 0.241 e. The lowest BCUT2D eigenvalue weighted by atomic mass is 9.84. The van der Waals surface area contributed by atoms with Crippen LogP contribution >= 0.6 is 11.6 Å². The van der Waals surface area contributed by atoms with Gasteiger partial charge in [-0.25, -0.2) is 8.42 Å². The van der Waals surface area contributed by atoms with E-state index in [1.165, 1.54) is 12.1 Å². The van der Waals surface area contributed by atoms with Crippen LogP contribution in [0.1, 0.15) is 71.1 Å². The number of nitrogens with zero attached hydrogens (tertiary/aromatic N) is 1. The van der Waals surface area contributed by atoms with Gasteiger partial charge in [0.25, 0.3) is 0 Å². The van der Waals surface area contributed by atoms with Gasteiger partial charge < -0.3 is 29.9 Å². The topological polar surface area (TPSA) is 137 Å². The molecule has 5 aromatic rings. The van der Waals surface area contributed by atoms with Gasteiger partial charge in [-0.3, -0.25) is 4.79 Å². The second-order valence-corrected chi connectivity index (χ2v) is 17.9. The molecule has 0 bridgehead atoms. The molecular formula is C47H52ClN3O7S. The number of ether oxygens (including phenoxy) is 2. The minimum absolute atomic E-state index is 0.00921. The predicted molar refractivity (Wildman–Crippen MR) is 228 cm³/mol. The third-order valence-electron chi connectivity index (χ3n) is 11.6. The molecule has 0 spiro atoms. The Labute approximate surface area is 352 Å². The molecule has 2 fully saturated rings. The number of sulfonamides is 1. The van der Waals surface area contributed by atoms with Crippen molar-refractivity contribution in [3.8, 4) is 0 Å². The van der Waals surface area contributed by atoms with E-state index in [-0.39, 0.29) is 42.6 Å². The van der Waals surface area contributed by atoms with E-state index in [1.807, 2.05) is 110 Å². The number of amides is 1. The summed E-state index contributed by atoms with van der Waals surface area (Å²) in [7, 11) is -3.97. The number of rotatable bonds is 14. The van der Waals surface area contributed by atoms with Gasteiger partial charge in [0.15, 0.2) is 6.29 Å². The molecule has 2 heterocycles. The number of aliphatic hydroxyl groups excluding tert-OH is 1. The van der Waals surface area contributed by atoms with Crippen LogP contribution in [-0.2, 0) is 49.5 Å². The monoisotopic (exact) mass is 837 g/mol. The molecule has 2 aliphatic heterocycles. The van der Waals surface area contributed by atoms with Gasteiger partial charge in [0, 0.05) is 42.7 Å². The van der Waals surface area contributed by atoms with E-state index in [4.69, 9.17) is 21.1 Å². The van der Waals surface area contributed by atoms with Crippen molar-refractivity contribution < 1.29 is 32.9 Å². The molecule has 0 aromatic heterocycles. The number of aliphatic hydroxyl groups is 2. The van der Waals surface area contributed by atoms with Crippen LogP contribution in [0.2, 0.25) is 5.02 Å². The fraction of sp³-hybridized carbons (Fsp3) is 0.340. The van der Waals surface area contributed by atoms with Gasteiger partial charge in [-0.2, -0.15) is 4.72 Å². The normalized spacial score (nSPS) is 21.4. The van der Waals surface area contributed by atoms with E-state index >= 15 is 0 Å². The number of nitrogens with one attached hydrogen (secondary N) is 2. The number of carbonyl (C=O) groups excluding carboxylic acids is 1.